The van der Waals surface area contributed by atoms with Gasteiger partial charge in [0.15, 0.2) is 0 Å². The Morgan fingerprint density at radius 1 is 0.339 bits per heavy atom. The lowest BCUT2D eigenvalue weighted by molar-refractivity contribution is -0.137. The van der Waals surface area contributed by atoms with Gasteiger partial charge in [-0.1, -0.05) is 121 Å². The molecule has 0 radical (unpaired) electrons. The lowest BCUT2D eigenvalue weighted by Crippen LogP contribution is -2.33. The van der Waals surface area contributed by atoms with Gasteiger partial charge in [0.25, 0.3) is 0 Å². The minimum Gasteiger partial charge on any atom is -0.457 e. The molecule has 2 saturated carbocycles. The van der Waals surface area contributed by atoms with Crippen LogP contribution in [-0.4, -0.2) is 49.1 Å². The van der Waals surface area contributed by atoms with Crippen molar-refractivity contribution >= 4 is 91.5 Å². The van der Waals surface area contributed by atoms with E-state index in [1.54, 1.807) is 85.8 Å². The molecule has 13 aromatic carbocycles. The van der Waals surface area contributed by atoms with Crippen LogP contribution in [0.15, 0.2) is 279 Å². The predicted molar refractivity (Wildman–Crippen MR) is 482 cm³/mol. The number of hydrogen-bond acceptors (Lipinski definition) is 21. The monoisotopic (exact) mass is 1630 g/mol. The molecule has 0 unspecified atom stereocenters. The fourth-order valence-corrected chi connectivity index (χ4v) is 15.0. The summed E-state index contributed by atoms with van der Waals surface area (Å²) in [5.74, 6) is 0.369. The summed E-state index contributed by atoms with van der Waals surface area (Å²) in [4.78, 5) is 46.0. The SMILES string of the molecule is Cc1cc(N)ccc1-c1ccc(N)cc1C(F)(F)F.NC1CCC(N)CC1.NCC1CCC(CN)CC1.Nc1ccc(C2(c3ccc(N)cc3)c3ccccc3-c3ccccc32)cc1.Nc1ccc(N)cc1.Nc1ccc(Oc2ccc(N)cc2)cc1.Nc1cccc2c(N)cccc12.O=C1OC(=O)c2cc(-c3ccc4c(c3)C(=O)OC4=O)ccc21. The van der Waals surface area contributed by atoms with Gasteiger partial charge >= 0.3 is 30.1 Å². The van der Waals surface area contributed by atoms with E-state index in [-0.39, 0.29) is 38.9 Å². The van der Waals surface area contributed by atoms with Gasteiger partial charge in [0.2, 0.25) is 0 Å². The Kier molecular flexibility index (Phi) is 28.9. The van der Waals surface area contributed by atoms with Crippen molar-refractivity contribution in [3.8, 4) is 44.9 Å². The summed E-state index contributed by atoms with van der Waals surface area (Å²) >= 11 is 0. The number of alkyl halides is 3. The van der Waals surface area contributed by atoms with E-state index < -0.39 is 35.6 Å². The molecule has 13 aromatic rings. The van der Waals surface area contributed by atoms with Gasteiger partial charge in [0.05, 0.1) is 33.2 Å². The summed E-state index contributed by atoms with van der Waals surface area (Å²) in [6.07, 6.45) is 5.27. The Hall–Kier alpha value is -14.2. The highest BCUT2D eigenvalue weighted by Crippen LogP contribution is 2.56. The molecule has 5 aliphatic rings. The molecular formula is C97H101F3N14O7. The molecule has 24 heteroatoms. The predicted octanol–water partition coefficient (Wildman–Crippen LogP) is 17.5. The molecule has 0 atom stereocenters. The highest BCUT2D eigenvalue weighted by atomic mass is 19.4. The second-order valence-corrected chi connectivity index (χ2v) is 30.1. The first-order valence-electron chi connectivity index (χ1n) is 39.5. The molecule has 2 fully saturated rings. The second-order valence-electron chi connectivity index (χ2n) is 30.1. The maximum absolute atomic E-state index is 13.0. The Bertz CT molecular complexity index is 5470. The molecule has 121 heavy (non-hydrogen) atoms. The Morgan fingerprint density at radius 2 is 0.661 bits per heavy atom. The standard InChI is InChI=1S/C25H20N2.C16H6O6.C14H13F3N2.C12H12N2O.C10H10N2.C8H18N2.C6H14N2.C6H8N2/c26-19-13-9-17(10-14-19)25(18-11-15-20(27)16-12-18)23-7-3-1-5-21(23)22-6-2-4-8-24(22)25;17-13-9-3-1-7(5-11(9)15(19)21-13)8-2-4-10-12(6-8)16(20)22-14(10)18;1-8-6-9(18)2-4-11(8)12-5-3-10(19)7-13(12)14(15,16)17;13-9-1-5-11(6-2-9)15-12-7-3-10(14)4-8-12;11-9-5-1-3-7-8(9)4-2-6-10(7)12;9-5-7-1-2-8(6-10)4-3-7;2*7-5-1-2-6(8)4-3-5/h1-16H,26-27H2;1-6H;2-7H,18-19H2,1H3;1-8H,13-14H2;1-6H,11-12H2;7-8H,1-6,9-10H2;5-6H,1-4,7-8H2;1-4H,7-8H2. The van der Waals surface area contributed by atoms with Crippen molar-refractivity contribution < 1.29 is 46.6 Å². The van der Waals surface area contributed by atoms with Crippen molar-refractivity contribution in [2.75, 3.05) is 70.4 Å². The van der Waals surface area contributed by atoms with Crippen LogP contribution in [0.3, 0.4) is 0 Å². The van der Waals surface area contributed by atoms with Crippen LogP contribution in [0.1, 0.15) is 126 Å². The number of anilines is 10. The number of rotatable bonds is 8. The van der Waals surface area contributed by atoms with E-state index in [4.69, 9.17) is 85.0 Å². The largest absolute Gasteiger partial charge is 0.457 e. The van der Waals surface area contributed by atoms with Crippen molar-refractivity contribution in [3.05, 3.63) is 335 Å². The van der Waals surface area contributed by atoms with Crippen LogP contribution in [0.5, 0.6) is 11.5 Å². The molecule has 28 N–H and O–H groups in total. The molecule has 2 aliphatic heterocycles. The summed E-state index contributed by atoms with van der Waals surface area (Å²) in [6.45, 7) is 3.47. The van der Waals surface area contributed by atoms with Gasteiger partial charge in [0.1, 0.15) is 11.5 Å². The van der Waals surface area contributed by atoms with Gasteiger partial charge in [-0.3, -0.25) is 0 Å². The van der Waals surface area contributed by atoms with E-state index in [0.29, 0.717) is 40.0 Å². The molecule has 0 spiro atoms. The van der Waals surface area contributed by atoms with Gasteiger partial charge in [0, 0.05) is 79.7 Å². The highest BCUT2D eigenvalue weighted by molar-refractivity contribution is 6.16. The Labute approximate surface area is 701 Å². The molecule has 0 bridgehead atoms. The zero-order chi connectivity index (χ0) is 86.7. The fraction of sp³-hybridized carbons (Fsp3) is 0.175. The lowest BCUT2D eigenvalue weighted by atomic mass is 9.67. The Morgan fingerprint density at radius 3 is 1.02 bits per heavy atom. The zero-order valence-electron chi connectivity index (χ0n) is 67.0. The van der Waals surface area contributed by atoms with Crippen LogP contribution in [0.2, 0.25) is 0 Å². The molecule has 2 heterocycles. The van der Waals surface area contributed by atoms with E-state index in [2.05, 4.69) is 82.3 Å². The maximum atomic E-state index is 13.0. The third-order valence-electron chi connectivity index (χ3n) is 21.5. The zero-order valence-corrected chi connectivity index (χ0v) is 67.0. The maximum Gasteiger partial charge on any atom is 0.417 e. The Balaban J connectivity index is 0.000000140. The number of esters is 4. The van der Waals surface area contributed by atoms with Crippen LogP contribution in [0.4, 0.5) is 70.0 Å². The van der Waals surface area contributed by atoms with Crippen molar-refractivity contribution in [1.82, 2.24) is 0 Å². The second kappa shape index (κ2) is 39.9. The first kappa shape index (κ1) is 87.7. The summed E-state index contributed by atoms with van der Waals surface area (Å²) in [6, 6.07) is 85.8. The molecule has 0 saturated heterocycles. The first-order valence-corrected chi connectivity index (χ1v) is 39.5. The summed E-state index contributed by atoms with van der Waals surface area (Å²) in [5, 5.41) is 2.05. The van der Waals surface area contributed by atoms with E-state index >= 15 is 0 Å². The minimum absolute atomic E-state index is 0.0872. The van der Waals surface area contributed by atoms with E-state index in [9.17, 15) is 32.3 Å². The number of carbonyl (C=O) groups is 4. The number of aryl methyl sites for hydroxylation is 1. The van der Waals surface area contributed by atoms with E-state index in [1.807, 2.05) is 84.9 Å². The number of cyclic esters (lactones) is 4. The third-order valence-corrected chi connectivity index (χ3v) is 21.5. The van der Waals surface area contributed by atoms with Crippen LogP contribution in [0.25, 0.3) is 44.2 Å². The quantitative estimate of drug-likeness (QED) is 0.0382. The smallest absolute Gasteiger partial charge is 0.417 e. The lowest BCUT2D eigenvalue weighted by Gasteiger charge is -2.34. The number of carbonyl (C=O) groups excluding carboxylic acids is 4. The number of halogens is 3. The van der Waals surface area contributed by atoms with Crippen molar-refractivity contribution in [2.45, 2.75) is 82.0 Å². The van der Waals surface area contributed by atoms with Gasteiger partial charge < -0.3 is 94.5 Å². The number of fused-ring (bicyclic) bond motifs is 6. The fourth-order valence-electron chi connectivity index (χ4n) is 15.0. The van der Waals surface area contributed by atoms with Crippen molar-refractivity contribution in [1.29, 1.82) is 0 Å². The number of ether oxygens (including phenoxy) is 3. The summed E-state index contributed by atoms with van der Waals surface area (Å²) < 4.78 is 53.8. The van der Waals surface area contributed by atoms with Crippen LogP contribution in [-0.2, 0) is 21.1 Å². The molecule has 0 aromatic heterocycles. The van der Waals surface area contributed by atoms with Crippen molar-refractivity contribution in [3.63, 3.8) is 0 Å². The van der Waals surface area contributed by atoms with Crippen LogP contribution in [0, 0.1) is 18.8 Å². The van der Waals surface area contributed by atoms with Gasteiger partial charge in [-0.2, -0.15) is 13.2 Å². The summed E-state index contributed by atoms with van der Waals surface area (Å²) in [5.41, 5.74) is 95.3. The summed E-state index contributed by atoms with van der Waals surface area (Å²) in [7, 11) is 0. The molecule has 622 valence electrons. The van der Waals surface area contributed by atoms with Gasteiger partial charge in [-0.15, -0.1) is 0 Å². The number of nitrogens with two attached hydrogens (primary N) is 14. The topological polar surface area (TPSA) is 460 Å². The normalized spacial score (nSPS) is 16.0. The molecular weight excluding hydrogens is 1530 g/mol. The van der Waals surface area contributed by atoms with E-state index in [1.165, 1.54) is 95.5 Å². The molecule has 18 rings (SSSR count). The third kappa shape index (κ3) is 22.0. The van der Waals surface area contributed by atoms with Crippen molar-refractivity contribution in [2.24, 2.45) is 34.8 Å². The molecule has 0 amide bonds. The number of benzene rings is 13. The van der Waals surface area contributed by atoms with Crippen LogP contribution >= 0.6 is 0 Å². The highest BCUT2D eigenvalue weighted by Gasteiger charge is 2.46. The first-order chi connectivity index (χ1) is 58.0. The average molecular weight is 1630 g/mol. The van der Waals surface area contributed by atoms with Gasteiger partial charge in [-0.25, -0.2) is 19.2 Å². The van der Waals surface area contributed by atoms with Gasteiger partial charge in [-0.05, 0) is 302 Å². The minimum atomic E-state index is -4.45. The molecule has 21 nitrogen and oxygen atoms in total. The van der Waals surface area contributed by atoms with Crippen LogP contribution < -0.4 is 85.0 Å². The van der Waals surface area contributed by atoms with E-state index in [0.717, 1.165) is 124 Å². The average Bonchev–Trinajstić information content (AvgIpc) is 1.54. The number of nitrogen functional groups attached to an aromatic ring is 10. The molecule has 3 aliphatic carbocycles. The number of hydrogen-bond donors (Lipinski definition) is 14.